The van der Waals surface area contributed by atoms with E-state index in [1.54, 1.807) is 12.4 Å². The van der Waals surface area contributed by atoms with Gasteiger partial charge < -0.3 is 15.2 Å². The molecule has 0 saturated carbocycles. The highest BCUT2D eigenvalue weighted by Gasteiger charge is 2.21. The fraction of sp³-hybridized carbons (Fsp3) is 0.348. The molecule has 1 aliphatic heterocycles. The van der Waals surface area contributed by atoms with Gasteiger partial charge in [-0.15, -0.1) is 0 Å². The summed E-state index contributed by atoms with van der Waals surface area (Å²) in [6.07, 6.45) is 5.40. The fourth-order valence-electron chi connectivity index (χ4n) is 3.79. The number of nitrogens with zero attached hydrogens (tertiary/aromatic N) is 3. The lowest BCUT2D eigenvalue weighted by molar-refractivity contribution is 0.0635. The van der Waals surface area contributed by atoms with Gasteiger partial charge in [0.2, 0.25) is 0 Å². The Morgan fingerprint density at radius 2 is 1.83 bits per heavy atom. The van der Waals surface area contributed by atoms with Gasteiger partial charge in [-0.2, -0.15) is 0 Å². The van der Waals surface area contributed by atoms with Crippen LogP contribution in [0.1, 0.15) is 33.7 Å². The third-order valence-corrected chi connectivity index (χ3v) is 5.53. The summed E-state index contributed by atoms with van der Waals surface area (Å²) in [6, 6.07) is 13.2. The smallest absolute Gasteiger partial charge is 0.267 e. The Labute approximate surface area is 176 Å². The van der Waals surface area contributed by atoms with Crippen molar-refractivity contribution in [3.63, 3.8) is 0 Å². The zero-order valence-corrected chi connectivity index (χ0v) is 17.0. The van der Waals surface area contributed by atoms with E-state index in [0.29, 0.717) is 12.2 Å². The summed E-state index contributed by atoms with van der Waals surface area (Å²) in [5, 5.41) is 3.91. The number of aromatic nitrogens is 2. The SMILES string of the molecule is O=C(NCCCCN1CCN(C(=O)c2ccccc2)CC1)c1cc2cnccc2[nH]1. The fourth-order valence-corrected chi connectivity index (χ4v) is 3.79. The van der Waals surface area contributed by atoms with E-state index >= 15 is 0 Å². The van der Waals surface area contributed by atoms with E-state index in [9.17, 15) is 9.59 Å². The van der Waals surface area contributed by atoms with Crippen molar-refractivity contribution in [2.45, 2.75) is 12.8 Å². The Balaban J connectivity index is 1.13. The Morgan fingerprint density at radius 3 is 2.60 bits per heavy atom. The lowest BCUT2D eigenvalue weighted by Crippen LogP contribution is -2.48. The number of pyridine rings is 1. The molecule has 3 aromatic rings. The van der Waals surface area contributed by atoms with E-state index in [0.717, 1.165) is 62.0 Å². The first-order valence-electron chi connectivity index (χ1n) is 10.5. The van der Waals surface area contributed by atoms with Crippen molar-refractivity contribution in [1.29, 1.82) is 0 Å². The second-order valence-electron chi connectivity index (χ2n) is 7.61. The Morgan fingerprint density at radius 1 is 1.03 bits per heavy atom. The minimum atomic E-state index is -0.0840. The molecule has 0 spiro atoms. The van der Waals surface area contributed by atoms with Gasteiger partial charge in [-0.1, -0.05) is 18.2 Å². The second kappa shape index (κ2) is 9.54. The molecule has 1 saturated heterocycles. The second-order valence-corrected chi connectivity index (χ2v) is 7.61. The van der Waals surface area contributed by atoms with E-state index in [4.69, 9.17) is 0 Å². The van der Waals surface area contributed by atoms with Gasteiger partial charge in [-0.05, 0) is 43.7 Å². The number of amides is 2. The number of benzene rings is 1. The molecule has 3 heterocycles. The molecule has 156 valence electrons. The number of rotatable bonds is 7. The van der Waals surface area contributed by atoms with E-state index in [1.165, 1.54) is 0 Å². The average molecular weight is 406 g/mol. The maximum Gasteiger partial charge on any atom is 0.267 e. The molecule has 0 aliphatic carbocycles. The van der Waals surface area contributed by atoms with Gasteiger partial charge in [0.05, 0.1) is 0 Å². The molecule has 7 nitrogen and oxygen atoms in total. The minimum Gasteiger partial charge on any atom is -0.351 e. The van der Waals surface area contributed by atoms with Crippen LogP contribution in [0, 0.1) is 0 Å². The first-order valence-corrected chi connectivity index (χ1v) is 10.5. The van der Waals surface area contributed by atoms with Crippen molar-refractivity contribution in [2.75, 3.05) is 39.3 Å². The van der Waals surface area contributed by atoms with Crippen LogP contribution in [0.15, 0.2) is 54.9 Å². The Hall–Kier alpha value is -3.19. The normalized spacial score (nSPS) is 14.7. The van der Waals surface area contributed by atoms with Crippen LogP contribution in [0.5, 0.6) is 0 Å². The van der Waals surface area contributed by atoms with Crippen LogP contribution in [0.4, 0.5) is 0 Å². The van der Waals surface area contributed by atoms with E-state index in [2.05, 4.69) is 20.2 Å². The van der Waals surface area contributed by atoms with E-state index in [-0.39, 0.29) is 11.8 Å². The van der Waals surface area contributed by atoms with Crippen LogP contribution in [-0.4, -0.2) is 70.9 Å². The zero-order valence-electron chi connectivity index (χ0n) is 17.0. The molecule has 0 bridgehead atoms. The third-order valence-electron chi connectivity index (χ3n) is 5.53. The molecule has 1 fully saturated rings. The average Bonchev–Trinajstić information content (AvgIpc) is 3.24. The van der Waals surface area contributed by atoms with Gasteiger partial charge in [0.15, 0.2) is 0 Å². The van der Waals surface area contributed by atoms with Gasteiger partial charge >= 0.3 is 0 Å². The maximum absolute atomic E-state index is 12.5. The van der Waals surface area contributed by atoms with E-state index in [1.807, 2.05) is 47.4 Å². The molecule has 30 heavy (non-hydrogen) atoms. The van der Waals surface area contributed by atoms with Gasteiger partial charge in [0.25, 0.3) is 11.8 Å². The summed E-state index contributed by atoms with van der Waals surface area (Å²) in [6.45, 7) is 4.96. The third kappa shape index (κ3) is 4.86. The highest BCUT2D eigenvalue weighted by atomic mass is 16.2. The van der Waals surface area contributed by atoms with Crippen molar-refractivity contribution >= 4 is 22.7 Å². The van der Waals surface area contributed by atoms with Crippen molar-refractivity contribution < 1.29 is 9.59 Å². The molecule has 1 aromatic carbocycles. The van der Waals surface area contributed by atoms with Crippen LogP contribution in [0.25, 0.3) is 10.9 Å². The minimum absolute atomic E-state index is 0.0840. The number of unbranched alkanes of at least 4 members (excludes halogenated alkanes) is 1. The number of aromatic amines is 1. The molecule has 7 heteroatoms. The number of carbonyl (C=O) groups excluding carboxylic acids is 2. The summed E-state index contributed by atoms with van der Waals surface area (Å²) in [7, 11) is 0. The molecule has 0 atom stereocenters. The van der Waals surface area contributed by atoms with Crippen LogP contribution in [0.2, 0.25) is 0 Å². The lowest BCUT2D eigenvalue weighted by Gasteiger charge is -2.34. The maximum atomic E-state index is 12.5. The predicted octanol–water partition coefficient (Wildman–Crippen LogP) is 2.53. The highest BCUT2D eigenvalue weighted by Crippen LogP contribution is 2.13. The van der Waals surface area contributed by atoms with Gasteiger partial charge in [-0.25, -0.2) is 0 Å². The number of fused-ring (bicyclic) bond motifs is 1. The molecule has 0 radical (unpaired) electrons. The quantitative estimate of drug-likeness (QED) is 0.592. The number of nitrogens with one attached hydrogen (secondary N) is 2. The van der Waals surface area contributed by atoms with Gasteiger partial charge in [0, 0.05) is 61.6 Å². The molecular weight excluding hydrogens is 378 g/mol. The summed E-state index contributed by atoms with van der Waals surface area (Å²) in [5.74, 6) is 0.0324. The van der Waals surface area contributed by atoms with Crippen LogP contribution in [-0.2, 0) is 0 Å². The standard InChI is InChI=1S/C23H27N5O2/c29-22(21-16-19-17-24-10-8-20(19)26-21)25-9-4-5-11-27-12-14-28(15-13-27)23(30)18-6-2-1-3-7-18/h1-3,6-8,10,16-17,26H,4-5,9,11-15H2,(H,25,29). The van der Waals surface area contributed by atoms with Crippen molar-refractivity contribution in [1.82, 2.24) is 25.1 Å². The highest BCUT2D eigenvalue weighted by molar-refractivity contribution is 5.97. The molecule has 0 unspecified atom stereocenters. The number of carbonyl (C=O) groups is 2. The molecule has 2 N–H and O–H groups in total. The van der Waals surface area contributed by atoms with Gasteiger partial charge in [0.1, 0.15) is 5.69 Å². The molecule has 2 aromatic heterocycles. The zero-order chi connectivity index (χ0) is 20.8. The number of piperazine rings is 1. The molecular formula is C23H27N5O2. The first kappa shape index (κ1) is 20.1. The Bertz CT molecular complexity index is 960. The number of H-pyrrole nitrogens is 1. The largest absolute Gasteiger partial charge is 0.351 e. The molecule has 1 aliphatic rings. The lowest BCUT2D eigenvalue weighted by atomic mass is 10.2. The van der Waals surface area contributed by atoms with Crippen LogP contribution < -0.4 is 5.32 Å². The van der Waals surface area contributed by atoms with Crippen molar-refractivity contribution in [3.8, 4) is 0 Å². The summed E-state index contributed by atoms with van der Waals surface area (Å²) < 4.78 is 0. The number of hydrogen-bond donors (Lipinski definition) is 2. The summed E-state index contributed by atoms with van der Waals surface area (Å²) >= 11 is 0. The summed E-state index contributed by atoms with van der Waals surface area (Å²) in [4.78, 5) is 36.3. The summed E-state index contributed by atoms with van der Waals surface area (Å²) in [5.41, 5.74) is 2.24. The monoisotopic (exact) mass is 405 g/mol. The molecule has 2 amide bonds. The number of hydrogen-bond acceptors (Lipinski definition) is 4. The van der Waals surface area contributed by atoms with Crippen LogP contribution >= 0.6 is 0 Å². The van der Waals surface area contributed by atoms with Crippen molar-refractivity contribution in [2.24, 2.45) is 0 Å². The van der Waals surface area contributed by atoms with E-state index < -0.39 is 0 Å². The van der Waals surface area contributed by atoms with Gasteiger partial charge in [-0.3, -0.25) is 19.5 Å². The van der Waals surface area contributed by atoms with Crippen LogP contribution in [0.3, 0.4) is 0 Å². The van der Waals surface area contributed by atoms with Crippen molar-refractivity contribution in [3.05, 3.63) is 66.1 Å². The first-order chi connectivity index (χ1) is 14.7. The predicted molar refractivity (Wildman–Crippen MR) is 116 cm³/mol. The topological polar surface area (TPSA) is 81.3 Å². The molecule has 4 rings (SSSR count). The Kier molecular flexibility index (Phi) is 6.39.